The third-order valence-electron chi connectivity index (χ3n) is 4.24. The van der Waals surface area contributed by atoms with Gasteiger partial charge in [-0.05, 0) is 29.8 Å². The SMILES string of the molecule is COc1cc(/C(N)=N/OCC(=O)NCc2ccccc2S(=O)(=O)N(C)C)ccc1OC(F)F. The smallest absolute Gasteiger partial charge is 0.387 e. The summed E-state index contributed by atoms with van der Waals surface area (Å²) in [5.74, 6) is -0.870. The van der Waals surface area contributed by atoms with Gasteiger partial charge in [-0.2, -0.15) is 8.78 Å². The first-order valence-corrected chi connectivity index (χ1v) is 10.9. The molecule has 0 aliphatic carbocycles. The van der Waals surface area contributed by atoms with Gasteiger partial charge in [-0.3, -0.25) is 4.79 Å². The molecule has 0 bridgehead atoms. The Morgan fingerprint density at radius 1 is 1.18 bits per heavy atom. The van der Waals surface area contributed by atoms with Crippen LogP contribution < -0.4 is 20.5 Å². The monoisotopic (exact) mass is 486 g/mol. The first kappa shape index (κ1) is 25.8. The molecule has 2 aromatic carbocycles. The van der Waals surface area contributed by atoms with Crippen LogP contribution in [-0.4, -0.2) is 58.9 Å². The maximum absolute atomic E-state index is 12.4. The van der Waals surface area contributed by atoms with Crippen molar-refractivity contribution in [2.24, 2.45) is 10.9 Å². The van der Waals surface area contributed by atoms with E-state index in [9.17, 15) is 22.0 Å². The highest BCUT2D eigenvalue weighted by Gasteiger charge is 2.21. The van der Waals surface area contributed by atoms with E-state index in [2.05, 4.69) is 15.2 Å². The van der Waals surface area contributed by atoms with E-state index in [4.69, 9.17) is 15.3 Å². The fourth-order valence-electron chi connectivity index (χ4n) is 2.58. The van der Waals surface area contributed by atoms with Crippen LogP contribution in [0.5, 0.6) is 11.5 Å². The van der Waals surface area contributed by atoms with Crippen LogP contribution in [0, 0.1) is 0 Å². The number of carbonyl (C=O) groups is 1. The van der Waals surface area contributed by atoms with Crippen molar-refractivity contribution in [2.75, 3.05) is 27.8 Å². The van der Waals surface area contributed by atoms with Crippen LogP contribution in [0.3, 0.4) is 0 Å². The molecule has 2 rings (SSSR count). The molecule has 10 nitrogen and oxygen atoms in total. The summed E-state index contributed by atoms with van der Waals surface area (Å²) in [4.78, 5) is 17.1. The maximum Gasteiger partial charge on any atom is 0.387 e. The minimum atomic E-state index is -3.68. The van der Waals surface area contributed by atoms with Crippen LogP contribution in [0.15, 0.2) is 52.5 Å². The van der Waals surface area contributed by atoms with Crippen molar-refractivity contribution in [3.63, 3.8) is 0 Å². The highest BCUT2D eigenvalue weighted by Crippen LogP contribution is 2.29. The molecular weight excluding hydrogens is 462 g/mol. The van der Waals surface area contributed by atoms with E-state index < -0.39 is 29.1 Å². The summed E-state index contributed by atoms with van der Waals surface area (Å²) in [6.07, 6.45) is 0. The van der Waals surface area contributed by atoms with Crippen LogP contribution >= 0.6 is 0 Å². The van der Waals surface area contributed by atoms with E-state index in [-0.39, 0.29) is 34.3 Å². The summed E-state index contributed by atoms with van der Waals surface area (Å²) in [5.41, 5.74) is 6.49. The Morgan fingerprint density at radius 3 is 2.52 bits per heavy atom. The average Bonchev–Trinajstić information content (AvgIpc) is 2.77. The lowest BCUT2D eigenvalue weighted by Gasteiger charge is -2.15. The second-order valence-corrected chi connectivity index (χ2v) is 8.79. The van der Waals surface area contributed by atoms with Crippen molar-refractivity contribution < 1.29 is 36.3 Å². The molecule has 0 heterocycles. The fourth-order valence-corrected chi connectivity index (χ4v) is 3.69. The average molecular weight is 486 g/mol. The molecule has 0 aliphatic rings. The zero-order valence-electron chi connectivity index (χ0n) is 18.1. The molecule has 0 radical (unpaired) electrons. The number of methoxy groups -OCH3 is 1. The number of alkyl halides is 2. The summed E-state index contributed by atoms with van der Waals surface area (Å²) in [7, 11) is 0.418. The number of benzene rings is 2. The van der Waals surface area contributed by atoms with Gasteiger partial charge in [0, 0.05) is 26.2 Å². The van der Waals surface area contributed by atoms with Gasteiger partial charge in [0.15, 0.2) is 23.9 Å². The molecule has 0 aliphatic heterocycles. The van der Waals surface area contributed by atoms with Crippen molar-refractivity contribution in [1.29, 1.82) is 0 Å². The van der Waals surface area contributed by atoms with Crippen LogP contribution in [0.2, 0.25) is 0 Å². The van der Waals surface area contributed by atoms with E-state index in [0.29, 0.717) is 5.56 Å². The van der Waals surface area contributed by atoms with Gasteiger partial charge in [-0.1, -0.05) is 23.4 Å². The molecule has 33 heavy (non-hydrogen) atoms. The van der Waals surface area contributed by atoms with Gasteiger partial charge in [0.05, 0.1) is 12.0 Å². The standard InChI is InChI=1S/C20H24F2N4O6S/c1-26(2)33(28,29)17-7-5-4-6-14(17)11-24-18(27)12-31-25-19(23)13-8-9-15(32-20(21)22)16(10-13)30-3/h4-10,20H,11-12H2,1-3H3,(H2,23,25)(H,24,27). The van der Waals surface area contributed by atoms with Crippen molar-refractivity contribution >= 4 is 21.8 Å². The van der Waals surface area contributed by atoms with E-state index in [0.717, 1.165) is 4.31 Å². The molecule has 0 fully saturated rings. The van der Waals surface area contributed by atoms with Crippen molar-refractivity contribution in [2.45, 2.75) is 18.1 Å². The number of ether oxygens (including phenoxy) is 2. The number of hydrogen-bond acceptors (Lipinski definition) is 7. The lowest BCUT2D eigenvalue weighted by atomic mass is 10.2. The Labute approximate surface area is 190 Å². The van der Waals surface area contributed by atoms with E-state index in [1.165, 1.54) is 45.5 Å². The van der Waals surface area contributed by atoms with Gasteiger partial charge in [0.1, 0.15) is 0 Å². The lowest BCUT2D eigenvalue weighted by molar-refractivity contribution is -0.125. The lowest BCUT2D eigenvalue weighted by Crippen LogP contribution is -2.29. The zero-order chi connectivity index (χ0) is 24.6. The third-order valence-corrected chi connectivity index (χ3v) is 6.16. The number of carbonyl (C=O) groups excluding carboxylic acids is 1. The van der Waals surface area contributed by atoms with Gasteiger partial charge in [-0.25, -0.2) is 12.7 Å². The van der Waals surface area contributed by atoms with E-state index in [1.807, 2.05) is 0 Å². The van der Waals surface area contributed by atoms with Gasteiger partial charge < -0.3 is 25.4 Å². The Kier molecular flexibility index (Phi) is 8.94. The topological polar surface area (TPSA) is 133 Å². The van der Waals surface area contributed by atoms with Gasteiger partial charge >= 0.3 is 6.61 Å². The van der Waals surface area contributed by atoms with E-state index >= 15 is 0 Å². The van der Waals surface area contributed by atoms with Gasteiger partial charge in [-0.15, -0.1) is 0 Å². The molecular formula is C20H24F2N4O6S. The maximum atomic E-state index is 12.4. The number of rotatable bonds is 11. The molecule has 0 unspecified atom stereocenters. The second-order valence-electron chi connectivity index (χ2n) is 6.67. The quantitative estimate of drug-likeness (QED) is 0.279. The molecule has 13 heteroatoms. The number of hydrogen-bond donors (Lipinski definition) is 2. The summed E-state index contributed by atoms with van der Waals surface area (Å²) >= 11 is 0. The highest BCUT2D eigenvalue weighted by atomic mass is 32.2. The van der Waals surface area contributed by atoms with Crippen molar-refractivity contribution in [3.05, 3.63) is 53.6 Å². The van der Waals surface area contributed by atoms with Crippen LogP contribution in [0.4, 0.5) is 8.78 Å². The predicted octanol–water partition coefficient (Wildman–Crippen LogP) is 1.50. The highest BCUT2D eigenvalue weighted by molar-refractivity contribution is 7.89. The van der Waals surface area contributed by atoms with Crippen LogP contribution in [0.25, 0.3) is 0 Å². The van der Waals surface area contributed by atoms with Crippen molar-refractivity contribution in [3.8, 4) is 11.5 Å². The van der Waals surface area contributed by atoms with Crippen LogP contribution in [0.1, 0.15) is 11.1 Å². The number of nitrogens with two attached hydrogens (primary N) is 1. The minimum Gasteiger partial charge on any atom is -0.493 e. The predicted molar refractivity (Wildman–Crippen MR) is 115 cm³/mol. The first-order chi connectivity index (χ1) is 15.6. The molecule has 0 aromatic heterocycles. The Hall–Kier alpha value is -3.45. The number of amidine groups is 1. The van der Waals surface area contributed by atoms with Crippen molar-refractivity contribution in [1.82, 2.24) is 9.62 Å². The summed E-state index contributed by atoms with van der Waals surface area (Å²) in [6, 6.07) is 10.2. The summed E-state index contributed by atoms with van der Waals surface area (Å²) in [5, 5.41) is 6.17. The molecule has 3 N–H and O–H groups in total. The fraction of sp³-hybridized carbons (Fsp3) is 0.300. The summed E-state index contributed by atoms with van der Waals surface area (Å²) in [6.45, 7) is -3.56. The molecule has 0 atom stereocenters. The van der Waals surface area contributed by atoms with E-state index in [1.54, 1.807) is 18.2 Å². The number of halogens is 2. The Morgan fingerprint density at radius 2 is 1.88 bits per heavy atom. The van der Waals surface area contributed by atoms with Gasteiger partial charge in [0.25, 0.3) is 5.91 Å². The van der Waals surface area contributed by atoms with Crippen LogP contribution in [-0.2, 0) is 26.2 Å². The molecule has 0 saturated carbocycles. The molecule has 0 saturated heterocycles. The normalized spacial score (nSPS) is 12.0. The molecule has 180 valence electrons. The number of oxime groups is 1. The number of nitrogens with zero attached hydrogens (tertiary/aromatic N) is 2. The first-order valence-electron chi connectivity index (χ1n) is 9.42. The molecule has 1 amide bonds. The summed E-state index contributed by atoms with van der Waals surface area (Å²) < 4.78 is 60.0. The number of nitrogens with one attached hydrogen (secondary N) is 1. The number of amides is 1. The zero-order valence-corrected chi connectivity index (χ0v) is 18.9. The molecule has 2 aromatic rings. The molecule has 0 spiro atoms. The number of sulfonamides is 1. The Bertz CT molecular complexity index is 1110. The largest absolute Gasteiger partial charge is 0.493 e. The third kappa shape index (κ3) is 7.02. The van der Waals surface area contributed by atoms with Gasteiger partial charge in [0.2, 0.25) is 10.0 Å². The minimum absolute atomic E-state index is 0.00929. The second kappa shape index (κ2) is 11.4. The Balaban J connectivity index is 1.97.